The van der Waals surface area contributed by atoms with Crippen molar-refractivity contribution < 1.29 is 19.1 Å². The maximum Gasteiger partial charge on any atom is 0.255 e. The molecule has 3 heterocycles. The van der Waals surface area contributed by atoms with Crippen molar-refractivity contribution in [1.82, 2.24) is 14.8 Å². The lowest BCUT2D eigenvalue weighted by Crippen LogP contribution is -2.49. The number of hydrogen-bond acceptors (Lipinski definition) is 6. The van der Waals surface area contributed by atoms with Crippen molar-refractivity contribution in [2.45, 2.75) is 19.0 Å². The third-order valence-corrected chi connectivity index (χ3v) is 6.99. The van der Waals surface area contributed by atoms with Crippen LogP contribution in [0.2, 0.25) is 0 Å². The molecule has 2 amide bonds. The zero-order valence-corrected chi connectivity index (χ0v) is 20.6. The summed E-state index contributed by atoms with van der Waals surface area (Å²) in [7, 11) is 3.17. The van der Waals surface area contributed by atoms with Gasteiger partial charge in [-0.25, -0.2) is 4.98 Å². The molecule has 1 aromatic heterocycles. The summed E-state index contributed by atoms with van der Waals surface area (Å²) < 4.78 is 10.9. The number of ether oxygens (including phenoxy) is 2. The van der Waals surface area contributed by atoms with Gasteiger partial charge in [-0.15, -0.1) is 0 Å². The minimum absolute atomic E-state index is 0.0270. The standard InChI is InChI=1S/C28H30N4O4/c1-35-24-11-10-20(17-25(24)36-2)23(32-19-21-7-3-4-8-22(21)28(32)34)18-27(33)31-15-13-30(14-16-31)26-9-5-6-12-29-26/h3-12,17,23H,13-16,18-19H2,1-2H3/t23-/m0/s1. The Morgan fingerprint density at radius 2 is 1.69 bits per heavy atom. The lowest BCUT2D eigenvalue weighted by molar-refractivity contribution is -0.132. The maximum absolute atomic E-state index is 13.5. The zero-order valence-electron chi connectivity index (χ0n) is 20.6. The van der Waals surface area contributed by atoms with E-state index in [4.69, 9.17) is 9.47 Å². The highest BCUT2D eigenvalue weighted by Gasteiger charge is 2.36. The van der Waals surface area contributed by atoms with Crippen molar-refractivity contribution in [3.63, 3.8) is 0 Å². The van der Waals surface area contributed by atoms with Gasteiger partial charge in [0.25, 0.3) is 5.91 Å². The van der Waals surface area contributed by atoms with Gasteiger partial charge in [0, 0.05) is 44.5 Å². The van der Waals surface area contributed by atoms with Crippen LogP contribution in [0.4, 0.5) is 5.82 Å². The molecule has 1 atom stereocenters. The molecular formula is C28H30N4O4. The Bertz CT molecular complexity index is 1240. The number of aromatic nitrogens is 1. The van der Waals surface area contributed by atoms with Crippen LogP contribution in [0.25, 0.3) is 0 Å². The van der Waals surface area contributed by atoms with E-state index in [1.807, 2.05) is 65.6 Å². The summed E-state index contributed by atoms with van der Waals surface area (Å²) in [6.45, 7) is 3.13. The van der Waals surface area contributed by atoms with E-state index in [2.05, 4.69) is 9.88 Å². The van der Waals surface area contributed by atoms with Gasteiger partial charge in [0.05, 0.1) is 26.7 Å². The summed E-state index contributed by atoms with van der Waals surface area (Å²) in [5, 5.41) is 0. The number of nitrogens with zero attached hydrogens (tertiary/aromatic N) is 4. The largest absolute Gasteiger partial charge is 0.493 e. The summed E-state index contributed by atoms with van der Waals surface area (Å²) in [5.41, 5.74) is 2.51. The summed E-state index contributed by atoms with van der Waals surface area (Å²) in [4.78, 5) is 37.2. The van der Waals surface area contributed by atoms with Gasteiger partial charge in [-0.2, -0.15) is 0 Å². The van der Waals surface area contributed by atoms with Crippen LogP contribution in [0.3, 0.4) is 0 Å². The van der Waals surface area contributed by atoms with Gasteiger partial charge in [0.1, 0.15) is 5.82 Å². The maximum atomic E-state index is 13.5. The van der Waals surface area contributed by atoms with E-state index in [1.165, 1.54) is 0 Å². The molecule has 0 bridgehead atoms. The van der Waals surface area contributed by atoms with E-state index in [0.29, 0.717) is 36.7 Å². The molecule has 0 aliphatic carbocycles. The Hall–Kier alpha value is -4.07. The SMILES string of the molecule is COc1ccc([C@H](CC(=O)N2CCN(c3ccccn3)CC2)N2Cc3ccccc3C2=O)cc1OC. The van der Waals surface area contributed by atoms with Gasteiger partial charge in [-0.1, -0.05) is 30.3 Å². The van der Waals surface area contributed by atoms with Crippen LogP contribution in [0.1, 0.15) is 33.9 Å². The smallest absolute Gasteiger partial charge is 0.255 e. The predicted molar refractivity (Wildman–Crippen MR) is 136 cm³/mol. The van der Waals surface area contributed by atoms with Crippen molar-refractivity contribution in [1.29, 1.82) is 0 Å². The Morgan fingerprint density at radius 1 is 0.944 bits per heavy atom. The van der Waals surface area contributed by atoms with E-state index in [-0.39, 0.29) is 18.2 Å². The number of rotatable bonds is 7. The number of anilines is 1. The topological polar surface area (TPSA) is 75.2 Å². The first-order chi connectivity index (χ1) is 17.6. The molecule has 0 saturated carbocycles. The summed E-state index contributed by atoms with van der Waals surface area (Å²) in [5.74, 6) is 2.07. The van der Waals surface area contributed by atoms with Crippen LogP contribution in [-0.2, 0) is 11.3 Å². The third-order valence-electron chi connectivity index (χ3n) is 6.99. The highest BCUT2D eigenvalue weighted by Crippen LogP contribution is 2.37. The van der Waals surface area contributed by atoms with Gasteiger partial charge in [-0.3, -0.25) is 9.59 Å². The molecule has 2 aromatic carbocycles. The van der Waals surface area contributed by atoms with Gasteiger partial charge in [0.15, 0.2) is 11.5 Å². The second kappa shape index (κ2) is 10.3. The first kappa shape index (κ1) is 23.7. The molecule has 186 valence electrons. The number of amides is 2. The molecule has 8 heteroatoms. The van der Waals surface area contributed by atoms with E-state index in [9.17, 15) is 9.59 Å². The van der Waals surface area contributed by atoms with Crippen LogP contribution in [0.5, 0.6) is 11.5 Å². The summed E-state index contributed by atoms with van der Waals surface area (Å²) in [6.07, 6.45) is 1.98. The second-order valence-corrected chi connectivity index (χ2v) is 8.98. The second-order valence-electron chi connectivity index (χ2n) is 8.98. The monoisotopic (exact) mass is 486 g/mol. The molecule has 0 radical (unpaired) electrons. The number of carbonyl (C=O) groups excluding carboxylic acids is 2. The number of hydrogen-bond donors (Lipinski definition) is 0. The number of fused-ring (bicyclic) bond motifs is 1. The highest BCUT2D eigenvalue weighted by atomic mass is 16.5. The van der Waals surface area contributed by atoms with Crippen LogP contribution in [0.15, 0.2) is 66.9 Å². The first-order valence-electron chi connectivity index (χ1n) is 12.1. The average Bonchev–Trinajstić information content (AvgIpc) is 3.27. The quantitative estimate of drug-likeness (QED) is 0.509. The number of carbonyl (C=O) groups is 2. The molecule has 0 spiro atoms. The predicted octanol–water partition coefficient (Wildman–Crippen LogP) is 3.53. The molecule has 8 nitrogen and oxygen atoms in total. The lowest BCUT2D eigenvalue weighted by atomic mass is 10.00. The Kier molecular flexibility index (Phi) is 6.75. The molecule has 1 fully saturated rings. The third kappa shape index (κ3) is 4.58. The number of benzene rings is 2. The molecular weight excluding hydrogens is 456 g/mol. The van der Waals surface area contributed by atoms with Crippen molar-refractivity contribution in [2.24, 2.45) is 0 Å². The first-order valence-corrected chi connectivity index (χ1v) is 12.1. The van der Waals surface area contributed by atoms with Crippen LogP contribution < -0.4 is 14.4 Å². The minimum Gasteiger partial charge on any atom is -0.493 e. The van der Waals surface area contributed by atoms with Crippen LogP contribution in [0, 0.1) is 0 Å². The van der Waals surface area contributed by atoms with Crippen LogP contribution in [-0.4, -0.2) is 67.0 Å². The number of pyridine rings is 1. The fourth-order valence-electron chi connectivity index (χ4n) is 5.02. The minimum atomic E-state index is -0.425. The normalized spacial score (nSPS) is 16.1. The molecule has 0 N–H and O–H groups in total. The molecule has 1 saturated heterocycles. The fourth-order valence-corrected chi connectivity index (χ4v) is 5.02. The van der Waals surface area contributed by atoms with Gasteiger partial charge >= 0.3 is 0 Å². The van der Waals surface area contributed by atoms with E-state index >= 15 is 0 Å². The van der Waals surface area contributed by atoms with Crippen LogP contribution >= 0.6 is 0 Å². The lowest BCUT2D eigenvalue weighted by Gasteiger charge is -2.37. The van der Waals surface area contributed by atoms with Gasteiger partial charge in [0.2, 0.25) is 5.91 Å². The molecule has 3 aromatic rings. The van der Waals surface area contributed by atoms with Crippen molar-refractivity contribution in [3.05, 3.63) is 83.6 Å². The molecule has 0 unspecified atom stereocenters. The number of piperazine rings is 1. The van der Waals surface area contributed by atoms with Crippen molar-refractivity contribution in [3.8, 4) is 11.5 Å². The molecule has 36 heavy (non-hydrogen) atoms. The number of methoxy groups -OCH3 is 2. The Labute approximate surface area is 211 Å². The molecule has 2 aliphatic rings. The summed E-state index contributed by atoms with van der Waals surface area (Å²) in [6, 6.07) is 18.7. The highest BCUT2D eigenvalue weighted by molar-refractivity contribution is 5.98. The van der Waals surface area contributed by atoms with E-state index < -0.39 is 6.04 Å². The summed E-state index contributed by atoms with van der Waals surface area (Å²) >= 11 is 0. The van der Waals surface area contributed by atoms with Crippen molar-refractivity contribution in [2.75, 3.05) is 45.3 Å². The Balaban J connectivity index is 1.37. The van der Waals surface area contributed by atoms with Crippen molar-refractivity contribution >= 4 is 17.6 Å². The van der Waals surface area contributed by atoms with E-state index in [0.717, 1.165) is 30.0 Å². The molecule has 2 aliphatic heterocycles. The zero-order chi connectivity index (χ0) is 25.1. The van der Waals surface area contributed by atoms with Gasteiger partial charge in [-0.05, 0) is 41.5 Å². The fraction of sp³-hybridized carbons (Fsp3) is 0.321. The van der Waals surface area contributed by atoms with E-state index in [1.54, 1.807) is 25.3 Å². The Morgan fingerprint density at radius 3 is 2.39 bits per heavy atom. The van der Waals surface area contributed by atoms with Gasteiger partial charge < -0.3 is 24.2 Å². The average molecular weight is 487 g/mol. The molecule has 5 rings (SSSR count).